The molecule has 15 heteroatoms. The third kappa shape index (κ3) is 21.4. The Morgan fingerprint density at radius 3 is 1.97 bits per heavy atom. The van der Waals surface area contributed by atoms with Crippen molar-refractivity contribution in [3.8, 4) is 0 Å². The number of nitrogens with zero attached hydrogens (tertiary/aromatic N) is 3. The van der Waals surface area contributed by atoms with Gasteiger partial charge in [-0.25, -0.2) is 14.4 Å². The highest BCUT2D eigenvalue weighted by Crippen LogP contribution is 2.26. The van der Waals surface area contributed by atoms with E-state index in [2.05, 4.69) is 16.9 Å². The molecule has 0 aliphatic carbocycles. The zero-order valence-corrected chi connectivity index (χ0v) is 35.7. The molecule has 1 aromatic carbocycles. The number of hydrogen-bond donors (Lipinski definition) is 2. The predicted molar refractivity (Wildman–Crippen MR) is 218 cm³/mol. The Kier molecular flexibility index (Phi) is 23.8. The maximum Gasteiger partial charge on any atom is 0.338 e. The SMILES string of the molecule is CCCCCCCCCCCCC/C=C/[C@@H](OC(=O)c1ccccc1)[C@H](CO[C@H]1O[C@H](COCC(=O)OC(C)(C)C)[C@H](OCC(=O)OC(C)(C)C)[C@H](O)[C@H]1O)N=[N+]=[N-]. The number of rotatable bonds is 27. The molecule has 2 N–H and O–H groups in total. The molecule has 1 saturated heterocycles. The molecule has 2 rings (SSSR count). The second-order valence-electron chi connectivity index (χ2n) is 16.6. The molecule has 1 fully saturated rings. The van der Waals surface area contributed by atoms with Crippen molar-refractivity contribution >= 4 is 17.9 Å². The Morgan fingerprint density at radius 1 is 0.828 bits per heavy atom. The first-order valence-electron chi connectivity index (χ1n) is 20.8. The highest BCUT2D eigenvalue weighted by atomic mass is 16.7. The first kappa shape index (κ1) is 50.6. The van der Waals surface area contributed by atoms with Gasteiger partial charge in [-0.3, -0.25) is 0 Å². The van der Waals surface area contributed by atoms with Gasteiger partial charge in [0.2, 0.25) is 0 Å². The van der Waals surface area contributed by atoms with Crippen molar-refractivity contribution < 1.29 is 57.8 Å². The van der Waals surface area contributed by atoms with E-state index in [0.29, 0.717) is 12.0 Å². The zero-order chi connectivity index (χ0) is 43.0. The largest absolute Gasteiger partial charge is 0.458 e. The summed E-state index contributed by atoms with van der Waals surface area (Å²) < 4.78 is 39.6. The van der Waals surface area contributed by atoms with E-state index in [1.165, 1.54) is 51.4 Å². The first-order chi connectivity index (χ1) is 27.5. The topological polar surface area (TPSA) is 205 Å². The van der Waals surface area contributed by atoms with Gasteiger partial charge >= 0.3 is 17.9 Å². The summed E-state index contributed by atoms with van der Waals surface area (Å²) in [5.41, 5.74) is 8.27. The summed E-state index contributed by atoms with van der Waals surface area (Å²) in [5, 5.41) is 26.2. The van der Waals surface area contributed by atoms with Crippen LogP contribution in [0.2, 0.25) is 0 Å². The normalized spacial score (nSPS) is 20.9. The zero-order valence-electron chi connectivity index (χ0n) is 35.7. The van der Waals surface area contributed by atoms with E-state index in [1.54, 1.807) is 78.0 Å². The lowest BCUT2D eigenvalue weighted by molar-refractivity contribution is -0.309. The van der Waals surface area contributed by atoms with E-state index < -0.39 is 91.8 Å². The van der Waals surface area contributed by atoms with Gasteiger partial charge in [0.25, 0.3) is 0 Å². The predicted octanol–water partition coefficient (Wildman–Crippen LogP) is 7.70. The molecule has 328 valence electrons. The third-order valence-corrected chi connectivity index (χ3v) is 8.94. The van der Waals surface area contributed by atoms with Gasteiger partial charge in [0.15, 0.2) is 6.29 Å². The summed E-state index contributed by atoms with van der Waals surface area (Å²) in [6.45, 7) is 10.6. The van der Waals surface area contributed by atoms with Crippen molar-refractivity contribution in [2.45, 2.75) is 180 Å². The van der Waals surface area contributed by atoms with Crippen LogP contribution in [0.4, 0.5) is 0 Å². The Balaban J connectivity index is 2.14. The molecule has 1 aromatic rings. The summed E-state index contributed by atoms with van der Waals surface area (Å²) in [4.78, 5) is 40.9. The maximum atomic E-state index is 13.2. The summed E-state index contributed by atoms with van der Waals surface area (Å²) in [7, 11) is 0. The molecule has 58 heavy (non-hydrogen) atoms. The number of esters is 3. The highest BCUT2D eigenvalue weighted by Gasteiger charge is 2.47. The van der Waals surface area contributed by atoms with Gasteiger partial charge in [0.1, 0.15) is 61.0 Å². The Morgan fingerprint density at radius 2 is 1.40 bits per heavy atom. The Bertz CT molecular complexity index is 1410. The molecule has 0 amide bonds. The standard InChI is InChI=1S/C43H69N3O12/c1-8-9-10-11-12-13-14-15-16-17-18-19-23-26-33(55-40(51)31-24-21-20-22-25-31)32(45-46-44)27-54-41-38(50)37(49)39(53-30-36(48)58-43(5,6)7)34(56-41)28-52-29-35(47)57-42(2,3)4/h20-26,32-34,37-39,41,49-50H,8-19,27-30H2,1-7H3/b26-23+/t32-,33+,34+,37+,38+,39-,41-/m0/s1. The number of aliphatic hydroxyl groups excluding tert-OH is 2. The number of ether oxygens (including phenoxy) is 7. The van der Waals surface area contributed by atoms with Crippen LogP contribution in [0.15, 0.2) is 47.6 Å². The number of unbranched alkanes of at least 4 members (excludes halogenated alkanes) is 11. The first-order valence-corrected chi connectivity index (χ1v) is 20.8. The molecule has 0 radical (unpaired) electrons. The summed E-state index contributed by atoms with van der Waals surface area (Å²) in [6.07, 6.45) is 9.18. The minimum absolute atomic E-state index is 0.299. The number of carbonyl (C=O) groups excluding carboxylic acids is 3. The number of carbonyl (C=O) groups is 3. The smallest absolute Gasteiger partial charge is 0.338 e. The molecule has 1 aliphatic heterocycles. The van der Waals surface area contributed by atoms with E-state index in [4.69, 9.17) is 33.2 Å². The number of benzene rings is 1. The van der Waals surface area contributed by atoms with Crippen molar-refractivity contribution in [3.63, 3.8) is 0 Å². The number of allylic oxidation sites excluding steroid dienone is 1. The lowest BCUT2D eigenvalue weighted by Crippen LogP contribution is -2.61. The quantitative estimate of drug-likeness (QED) is 0.0167. The van der Waals surface area contributed by atoms with E-state index in [0.717, 1.165) is 19.3 Å². The molecular weight excluding hydrogens is 750 g/mol. The van der Waals surface area contributed by atoms with E-state index in [-0.39, 0.29) is 6.61 Å². The molecule has 0 unspecified atom stereocenters. The molecule has 1 heterocycles. The van der Waals surface area contributed by atoms with E-state index in [9.17, 15) is 30.1 Å². The number of hydrogen-bond acceptors (Lipinski definition) is 13. The van der Waals surface area contributed by atoms with Crippen molar-refractivity contribution in [3.05, 3.63) is 58.5 Å². The highest BCUT2D eigenvalue weighted by molar-refractivity contribution is 5.89. The fourth-order valence-corrected chi connectivity index (χ4v) is 6.17. The average Bonchev–Trinajstić information content (AvgIpc) is 3.15. The van der Waals surface area contributed by atoms with Crippen molar-refractivity contribution in [2.75, 3.05) is 26.4 Å². The van der Waals surface area contributed by atoms with Crippen LogP contribution in [0.1, 0.15) is 136 Å². The molecule has 0 spiro atoms. The molecule has 1 aliphatic rings. The summed E-state index contributed by atoms with van der Waals surface area (Å²) in [5.74, 6) is -2.00. The van der Waals surface area contributed by atoms with Gasteiger partial charge in [0.05, 0.1) is 18.8 Å². The van der Waals surface area contributed by atoms with Crippen molar-refractivity contribution in [1.29, 1.82) is 0 Å². The molecular formula is C43H69N3O12. The number of azide groups is 1. The van der Waals surface area contributed by atoms with Crippen LogP contribution >= 0.6 is 0 Å². The van der Waals surface area contributed by atoms with Crippen LogP contribution in [0.3, 0.4) is 0 Å². The average molecular weight is 820 g/mol. The van der Waals surface area contributed by atoms with Crippen LogP contribution < -0.4 is 0 Å². The van der Waals surface area contributed by atoms with E-state index in [1.807, 2.05) is 6.08 Å². The lowest BCUT2D eigenvalue weighted by atomic mass is 9.99. The van der Waals surface area contributed by atoms with Crippen LogP contribution in [0.25, 0.3) is 10.4 Å². The fraction of sp³-hybridized carbons (Fsp3) is 0.744. The van der Waals surface area contributed by atoms with Gasteiger partial charge in [-0.05, 0) is 78.1 Å². The van der Waals surface area contributed by atoms with Crippen molar-refractivity contribution in [2.24, 2.45) is 5.11 Å². The fourth-order valence-electron chi connectivity index (χ4n) is 6.17. The lowest BCUT2D eigenvalue weighted by Gasteiger charge is -2.42. The van der Waals surface area contributed by atoms with Crippen LogP contribution in [0.5, 0.6) is 0 Å². The van der Waals surface area contributed by atoms with Gasteiger partial charge in [-0.2, -0.15) is 0 Å². The second kappa shape index (κ2) is 27.2. The minimum Gasteiger partial charge on any atom is -0.458 e. The van der Waals surface area contributed by atoms with Crippen LogP contribution in [0, 0.1) is 0 Å². The maximum absolute atomic E-state index is 13.2. The second-order valence-corrected chi connectivity index (χ2v) is 16.6. The van der Waals surface area contributed by atoms with Gasteiger partial charge in [-0.15, -0.1) is 0 Å². The van der Waals surface area contributed by atoms with Gasteiger partial charge < -0.3 is 43.4 Å². The van der Waals surface area contributed by atoms with Gasteiger partial charge in [0, 0.05) is 4.91 Å². The molecule has 0 aromatic heterocycles. The van der Waals surface area contributed by atoms with Crippen LogP contribution in [-0.2, 0) is 42.7 Å². The molecule has 15 nitrogen and oxygen atoms in total. The third-order valence-electron chi connectivity index (χ3n) is 8.94. The monoisotopic (exact) mass is 819 g/mol. The Labute approximate surface area is 344 Å². The Hall–Kier alpha value is -3.56. The van der Waals surface area contributed by atoms with Crippen molar-refractivity contribution in [1.82, 2.24) is 0 Å². The summed E-state index contributed by atoms with van der Waals surface area (Å²) in [6, 6.07) is 7.27. The van der Waals surface area contributed by atoms with Crippen LogP contribution in [-0.4, -0.2) is 109 Å². The summed E-state index contributed by atoms with van der Waals surface area (Å²) >= 11 is 0. The molecule has 0 saturated carbocycles. The van der Waals surface area contributed by atoms with Gasteiger partial charge in [-0.1, -0.05) is 101 Å². The van der Waals surface area contributed by atoms with E-state index >= 15 is 0 Å². The molecule has 7 atom stereocenters. The molecule has 0 bridgehead atoms. The number of aliphatic hydroxyl groups is 2. The minimum atomic E-state index is -1.71.